The largest absolute Gasteiger partial charge is 0.387 e. The van der Waals surface area contributed by atoms with Crippen LogP contribution in [-0.2, 0) is 14.9 Å². The zero-order valence-electron chi connectivity index (χ0n) is 25.1. The number of amides is 1. The summed E-state index contributed by atoms with van der Waals surface area (Å²) >= 11 is 0. The monoisotopic (exact) mass is 583 g/mol. The van der Waals surface area contributed by atoms with Crippen LogP contribution in [0.5, 0.6) is 0 Å². The Morgan fingerprint density at radius 1 is 0.675 bits per heavy atom. The van der Waals surface area contributed by atoms with Crippen LogP contribution < -0.4 is 5.32 Å². The SMILES string of the molecule is CCCC/C=C/CC/C=C/CC/C=C/C(O)C(CS(=O)(=O)O)NC(=O)C(O)CCCCCC/C=C\CCCCC. The molecule has 0 spiro atoms. The van der Waals surface area contributed by atoms with Gasteiger partial charge in [0.1, 0.15) is 6.10 Å². The van der Waals surface area contributed by atoms with Gasteiger partial charge in [-0.05, 0) is 64.2 Å². The van der Waals surface area contributed by atoms with Crippen molar-refractivity contribution in [2.45, 2.75) is 141 Å². The minimum absolute atomic E-state index is 0.254. The lowest BCUT2D eigenvalue weighted by Crippen LogP contribution is -2.50. The predicted molar refractivity (Wildman–Crippen MR) is 167 cm³/mol. The van der Waals surface area contributed by atoms with Gasteiger partial charge in [-0.25, -0.2) is 0 Å². The molecule has 40 heavy (non-hydrogen) atoms. The minimum Gasteiger partial charge on any atom is -0.387 e. The molecule has 0 aromatic rings. The predicted octanol–water partition coefficient (Wildman–Crippen LogP) is 6.98. The second kappa shape index (κ2) is 26.2. The first-order chi connectivity index (χ1) is 19.2. The van der Waals surface area contributed by atoms with Gasteiger partial charge in [-0.3, -0.25) is 9.35 Å². The van der Waals surface area contributed by atoms with Crippen LogP contribution in [0.1, 0.15) is 123 Å². The van der Waals surface area contributed by atoms with Crippen LogP contribution in [0.2, 0.25) is 0 Å². The fourth-order valence-electron chi connectivity index (χ4n) is 4.11. The maximum absolute atomic E-state index is 12.4. The van der Waals surface area contributed by atoms with E-state index in [1.165, 1.54) is 38.2 Å². The van der Waals surface area contributed by atoms with Crippen molar-refractivity contribution in [3.8, 4) is 0 Å². The molecular weight excluding hydrogens is 526 g/mol. The summed E-state index contributed by atoms with van der Waals surface area (Å²) in [5.74, 6) is -1.59. The molecule has 0 heterocycles. The van der Waals surface area contributed by atoms with E-state index in [2.05, 4.69) is 55.6 Å². The van der Waals surface area contributed by atoms with E-state index in [1.54, 1.807) is 6.08 Å². The Morgan fingerprint density at radius 3 is 1.70 bits per heavy atom. The fraction of sp³-hybridized carbons (Fsp3) is 0.719. The van der Waals surface area contributed by atoms with Crippen LogP contribution in [0.25, 0.3) is 0 Å². The van der Waals surface area contributed by atoms with Crippen molar-refractivity contribution in [3.63, 3.8) is 0 Å². The number of hydrogen-bond acceptors (Lipinski definition) is 5. The highest BCUT2D eigenvalue weighted by atomic mass is 32.2. The van der Waals surface area contributed by atoms with Gasteiger partial charge in [0.05, 0.1) is 17.9 Å². The van der Waals surface area contributed by atoms with Crippen LogP contribution >= 0.6 is 0 Å². The molecular formula is C32H57NO6S. The molecule has 0 bridgehead atoms. The van der Waals surface area contributed by atoms with E-state index in [-0.39, 0.29) is 6.42 Å². The summed E-state index contributed by atoms with van der Waals surface area (Å²) in [7, 11) is -4.45. The van der Waals surface area contributed by atoms with Gasteiger partial charge in [0.25, 0.3) is 10.1 Å². The first kappa shape index (κ1) is 38.3. The Hall–Kier alpha value is -1.74. The average molecular weight is 584 g/mol. The van der Waals surface area contributed by atoms with Crippen LogP contribution in [0.15, 0.2) is 48.6 Å². The summed E-state index contributed by atoms with van der Waals surface area (Å²) in [5.41, 5.74) is 0. The molecule has 0 aromatic heterocycles. The van der Waals surface area contributed by atoms with E-state index in [9.17, 15) is 28.0 Å². The smallest absolute Gasteiger partial charge is 0.267 e. The second-order valence-electron chi connectivity index (χ2n) is 10.5. The van der Waals surface area contributed by atoms with Gasteiger partial charge in [-0.1, -0.05) is 107 Å². The summed E-state index contributed by atoms with van der Waals surface area (Å²) in [6.07, 6.45) is 30.3. The van der Waals surface area contributed by atoms with E-state index >= 15 is 0 Å². The number of aliphatic hydroxyl groups is 2. The van der Waals surface area contributed by atoms with Crippen molar-refractivity contribution in [1.29, 1.82) is 0 Å². The lowest BCUT2D eigenvalue weighted by atomic mass is 10.1. The number of carbonyl (C=O) groups is 1. The maximum Gasteiger partial charge on any atom is 0.267 e. The summed E-state index contributed by atoms with van der Waals surface area (Å²) in [6, 6.07) is -1.26. The third-order valence-corrected chi connectivity index (χ3v) is 7.34. The number of aliphatic hydroxyl groups excluding tert-OH is 2. The highest BCUT2D eigenvalue weighted by Crippen LogP contribution is 2.10. The Bertz CT molecular complexity index is 834. The first-order valence-electron chi connectivity index (χ1n) is 15.4. The zero-order chi connectivity index (χ0) is 29.9. The first-order valence-corrected chi connectivity index (χ1v) is 17.1. The highest BCUT2D eigenvalue weighted by Gasteiger charge is 2.27. The Balaban J connectivity index is 4.37. The van der Waals surface area contributed by atoms with Gasteiger partial charge in [-0.15, -0.1) is 0 Å². The lowest BCUT2D eigenvalue weighted by Gasteiger charge is -2.22. The van der Waals surface area contributed by atoms with E-state index in [1.807, 2.05) is 0 Å². The van der Waals surface area contributed by atoms with Crippen molar-refractivity contribution in [1.82, 2.24) is 5.32 Å². The molecule has 0 fully saturated rings. The number of nitrogens with one attached hydrogen (secondary N) is 1. The Labute approximate surface area is 244 Å². The van der Waals surface area contributed by atoms with Gasteiger partial charge in [-0.2, -0.15) is 8.42 Å². The lowest BCUT2D eigenvalue weighted by molar-refractivity contribution is -0.130. The van der Waals surface area contributed by atoms with Gasteiger partial charge >= 0.3 is 0 Å². The van der Waals surface area contributed by atoms with Crippen LogP contribution in [0.3, 0.4) is 0 Å². The molecule has 1 amide bonds. The number of carbonyl (C=O) groups excluding carboxylic acids is 1. The molecule has 0 saturated carbocycles. The molecule has 4 N–H and O–H groups in total. The number of allylic oxidation sites excluding steroid dienone is 7. The molecule has 0 aliphatic heterocycles. The topological polar surface area (TPSA) is 124 Å². The fourth-order valence-corrected chi connectivity index (χ4v) is 4.85. The van der Waals surface area contributed by atoms with Crippen molar-refractivity contribution < 1.29 is 28.0 Å². The molecule has 0 aliphatic carbocycles. The van der Waals surface area contributed by atoms with E-state index in [0.717, 1.165) is 57.8 Å². The van der Waals surface area contributed by atoms with E-state index in [4.69, 9.17) is 0 Å². The van der Waals surface area contributed by atoms with Crippen molar-refractivity contribution in [2.24, 2.45) is 0 Å². The third kappa shape index (κ3) is 25.2. The molecule has 0 rings (SSSR count). The van der Waals surface area contributed by atoms with Gasteiger partial charge in [0.15, 0.2) is 0 Å². The summed E-state index contributed by atoms with van der Waals surface area (Å²) in [6.45, 7) is 4.37. The average Bonchev–Trinajstić information content (AvgIpc) is 2.90. The molecule has 8 heteroatoms. The van der Waals surface area contributed by atoms with Gasteiger partial charge < -0.3 is 15.5 Å². The molecule has 0 aliphatic rings. The Morgan fingerprint density at radius 2 is 1.15 bits per heavy atom. The number of rotatable bonds is 26. The van der Waals surface area contributed by atoms with E-state index < -0.39 is 40.0 Å². The zero-order valence-corrected chi connectivity index (χ0v) is 25.9. The van der Waals surface area contributed by atoms with Crippen molar-refractivity contribution >= 4 is 16.0 Å². The van der Waals surface area contributed by atoms with Crippen molar-refractivity contribution in [2.75, 3.05) is 5.75 Å². The number of hydrogen-bond donors (Lipinski definition) is 4. The van der Waals surface area contributed by atoms with Gasteiger partial charge in [0, 0.05) is 0 Å². The summed E-state index contributed by atoms with van der Waals surface area (Å²) in [4.78, 5) is 12.4. The van der Waals surface area contributed by atoms with Crippen molar-refractivity contribution in [3.05, 3.63) is 48.6 Å². The third-order valence-electron chi connectivity index (χ3n) is 6.56. The van der Waals surface area contributed by atoms with Gasteiger partial charge in [0.2, 0.25) is 5.91 Å². The molecule has 0 aromatic carbocycles. The molecule has 7 nitrogen and oxygen atoms in total. The molecule has 3 atom stereocenters. The Kier molecular flexibility index (Phi) is 25.0. The minimum atomic E-state index is -4.45. The molecule has 3 unspecified atom stereocenters. The number of unbranched alkanes of at least 4 members (excludes halogenated alkanes) is 11. The molecule has 0 radical (unpaired) electrons. The normalized spacial score (nSPS) is 15.0. The van der Waals surface area contributed by atoms with Crippen LogP contribution in [-0.4, -0.2) is 53.1 Å². The second-order valence-corrected chi connectivity index (χ2v) is 12.0. The summed E-state index contributed by atoms with van der Waals surface area (Å²) < 4.78 is 32.2. The summed E-state index contributed by atoms with van der Waals surface area (Å²) in [5, 5.41) is 23.1. The van der Waals surface area contributed by atoms with Crippen LogP contribution in [0.4, 0.5) is 0 Å². The van der Waals surface area contributed by atoms with Crippen LogP contribution in [0, 0.1) is 0 Å². The van der Waals surface area contributed by atoms with E-state index in [0.29, 0.717) is 12.8 Å². The maximum atomic E-state index is 12.4. The highest BCUT2D eigenvalue weighted by molar-refractivity contribution is 7.85. The molecule has 0 saturated heterocycles. The standard InChI is InChI=1S/C32H57NO6S/c1-3-5-7-9-11-13-15-17-18-20-22-24-26-30(34)29(28-40(37,38)39)33-32(36)31(35)27-25-23-21-19-16-14-12-10-8-6-4-2/h9,11-12,14,17-18,24,26,29-31,34-35H,3-8,10,13,15-16,19-23,25,27-28H2,1-2H3,(H,33,36)(H,37,38,39)/b11-9+,14-12-,18-17+,26-24+. The molecule has 232 valence electrons. The quantitative estimate of drug-likeness (QED) is 0.0495.